The molecule has 0 spiro atoms. The second-order valence-electron chi connectivity index (χ2n) is 4.04. The molecule has 2 heteroatoms. The van der Waals surface area contributed by atoms with Crippen LogP contribution in [-0.2, 0) is 4.79 Å². The van der Waals surface area contributed by atoms with E-state index in [2.05, 4.69) is 6.92 Å². The standard InChI is InChI=1S/C14H16O2/c1-2-3-6-12-9-11(10-15)13-7-4-5-8-14(13)16-12/h4-5,7-11H,2-3,6H2,1H3. The van der Waals surface area contributed by atoms with Crippen LogP contribution < -0.4 is 4.74 Å². The largest absolute Gasteiger partial charge is 0.462 e. The highest BCUT2D eigenvalue weighted by atomic mass is 16.5. The van der Waals surface area contributed by atoms with Gasteiger partial charge >= 0.3 is 0 Å². The summed E-state index contributed by atoms with van der Waals surface area (Å²) in [6.07, 6.45) is 6.06. The van der Waals surface area contributed by atoms with Crippen molar-refractivity contribution in [2.75, 3.05) is 0 Å². The molecule has 16 heavy (non-hydrogen) atoms. The number of aldehydes is 1. The van der Waals surface area contributed by atoms with Crippen LogP contribution in [0.25, 0.3) is 0 Å². The van der Waals surface area contributed by atoms with E-state index in [1.54, 1.807) is 0 Å². The molecule has 2 nitrogen and oxygen atoms in total. The van der Waals surface area contributed by atoms with Crippen molar-refractivity contribution in [2.45, 2.75) is 32.1 Å². The molecule has 1 aliphatic heterocycles. The molecule has 0 saturated carbocycles. The summed E-state index contributed by atoms with van der Waals surface area (Å²) < 4.78 is 5.77. The molecule has 0 bridgehead atoms. The van der Waals surface area contributed by atoms with Gasteiger partial charge in [0.15, 0.2) is 0 Å². The maximum absolute atomic E-state index is 11.0. The quantitative estimate of drug-likeness (QED) is 0.721. The van der Waals surface area contributed by atoms with Crippen molar-refractivity contribution in [1.29, 1.82) is 0 Å². The molecule has 2 rings (SSSR count). The number of allylic oxidation sites excluding steroid dienone is 2. The molecule has 0 aromatic heterocycles. The highest BCUT2D eigenvalue weighted by molar-refractivity contribution is 5.68. The molecule has 0 saturated heterocycles. The van der Waals surface area contributed by atoms with Gasteiger partial charge in [0.2, 0.25) is 0 Å². The molecule has 1 aromatic carbocycles. The van der Waals surface area contributed by atoms with Crippen LogP contribution in [0.1, 0.15) is 37.7 Å². The van der Waals surface area contributed by atoms with Gasteiger partial charge in [0, 0.05) is 12.0 Å². The van der Waals surface area contributed by atoms with E-state index in [0.717, 1.165) is 42.6 Å². The number of ether oxygens (including phenoxy) is 1. The number of fused-ring (bicyclic) bond motifs is 1. The molecule has 0 aliphatic carbocycles. The Labute approximate surface area is 95.9 Å². The fraction of sp³-hybridized carbons (Fsp3) is 0.357. The fourth-order valence-electron chi connectivity index (χ4n) is 1.91. The maximum atomic E-state index is 11.0. The third-order valence-electron chi connectivity index (χ3n) is 2.81. The van der Waals surface area contributed by atoms with Crippen molar-refractivity contribution in [3.63, 3.8) is 0 Å². The minimum absolute atomic E-state index is 0.142. The van der Waals surface area contributed by atoms with Gasteiger partial charge in [0.25, 0.3) is 0 Å². The Balaban J connectivity index is 2.23. The van der Waals surface area contributed by atoms with Crippen molar-refractivity contribution < 1.29 is 9.53 Å². The van der Waals surface area contributed by atoms with E-state index in [9.17, 15) is 4.79 Å². The van der Waals surface area contributed by atoms with Gasteiger partial charge in [0.1, 0.15) is 17.8 Å². The molecule has 1 heterocycles. The first-order valence-electron chi connectivity index (χ1n) is 5.78. The Kier molecular flexibility index (Phi) is 3.40. The van der Waals surface area contributed by atoms with Gasteiger partial charge in [0.05, 0.1) is 5.92 Å². The van der Waals surface area contributed by atoms with Gasteiger partial charge < -0.3 is 9.53 Å². The predicted molar refractivity (Wildman–Crippen MR) is 63.5 cm³/mol. The van der Waals surface area contributed by atoms with Crippen LogP contribution in [0.2, 0.25) is 0 Å². The summed E-state index contributed by atoms with van der Waals surface area (Å²) in [4.78, 5) is 11.0. The molecule has 0 N–H and O–H groups in total. The topological polar surface area (TPSA) is 26.3 Å². The number of benzene rings is 1. The van der Waals surface area contributed by atoms with E-state index in [4.69, 9.17) is 4.74 Å². The van der Waals surface area contributed by atoms with Crippen molar-refractivity contribution >= 4 is 6.29 Å². The van der Waals surface area contributed by atoms with E-state index < -0.39 is 0 Å². The van der Waals surface area contributed by atoms with Gasteiger partial charge in [-0.3, -0.25) is 0 Å². The van der Waals surface area contributed by atoms with Crippen molar-refractivity contribution in [3.8, 4) is 5.75 Å². The molecule has 84 valence electrons. The van der Waals surface area contributed by atoms with E-state index in [1.165, 1.54) is 0 Å². The summed E-state index contributed by atoms with van der Waals surface area (Å²) in [5.74, 6) is 1.61. The summed E-state index contributed by atoms with van der Waals surface area (Å²) in [6.45, 7) is 2.15. The van der Waals surface area contributed by atoms with Crippen LogP contribution in [0.4, 0.5) is 0 Å². The SMILES string of the molecule is CCCCC1=CC(C=O)c2ccccc2O1. The number of para-hydroxylation sites is 1. The van der Waals surface area contributed by atoms with Crippen LogP contribution in [0.15, 0.2) is 36.1 Å². The molecular weight excluding hydrogens is 200 g/mol. The monoisotopic (exact) mass is 216 g/mol. The van der Waals surface area contributed by atoms with Crippen LogP contribution in [0.3, 0.4) is 0 Å². The van der Waals surface area contributed by atoms with E-state index in [-0.39, 0.29) is 5.92 Å². The summed E-state index contributed by atoms with van der Waals surface area (Å²) in [6, 6.07) is 7.74. The van der Waals surface area contributed by atoms with Crippen molar-refractivity contribution in [2.24, 2.45) is 0 Å². The number of unbranched alkanes of at least 4 members (excludes halogenated alkanes) is 1. The summed E-state index contributed by atoms with van der Waals surface area (Å²) >= 11 is 0. The second-order valence-corrected chi connectivity index (χ2v) is 4.04. The van der Waals surface area contributed by atoms with Gasteiger partial charge in [-0.2, -0.15) is 0 Å². The third-order valence-corrected chi connectivity index (χ3v) is 2.81. The molecular formula is C14H16O2. The van der Waals surface area contributed by atoms with Gasteiger partial charge in [-0.15, -0.1) is 0 Å². The third kappa shape index (κ3) is 2.16. The average molecular weight is 216 g/mol. The number of carbonyl (C=O) groups is 1. The lowest BCUT2D eigenvalue weighted by Gasteiger charge is -2.21. The van der Waals surface area contributed by atoms with E-state index >= 15 is 0 Å². The van der Waals surface area contributed by atoms with Crippen LogP contribution in [-0.4, -0.2) is 6.29 Å². The van der Waals surface area contributed by atoms with Crippen LogP contribution >= 0.6 is 0 Å². The van der Waals surface area contributed by atoms with Crippen molar-refractivity contribution in [3.05, 3.63) is 41.7 Å². The molecule has 1 unspecified atom stereocenters. The zero-order valence-corrected chi connectivity index (χ0v) is 9.48. The Morgan fingerprint density at radius 2 is 2.19 bits per heavy atom. The van der Waals surface area contributed by atoms with E-state index in [1.807, 2.05) is 30.3 Å². The highest BCUT2D eigenvalue weighted by Crippen LogP contribution is 2.34. The van der Waals surface area contributed by atoms with Crippen molar-refractivity contribution in [1.82, 2.24) is 0 Å². The number of hydrogen-bond donors (Lipinski definition) is 0. The minimum atomic E-state index is -0.142. The molecule has 1 atom stereocenters. The number of rotatable bonds is 4. The Bertz CT molecular complexity index is 407. The normalized spacial score (nSPS) is 18.3. The summed E-state index contributed by atoms with van der Waals surface area (Å²) in [5.41, 5.74) is 0.970. The molecule has 0 fully saturated rings. The maximum Gasteiger partial charge on any atom is 0.131 e. The molecule has 0 radical (unpaired) electrons. The summed E-state index contributed by atoms with van der Waals surface area (Å²) in [5, 5.41) is 0. The Morgan fingerprint density at radius 1 is 1.38 bits per heavy atom. The van der Waals surface area contributed by atoms with Gasteiger partial charge in [-0.1, -0.05) is 31.5 Å². The smallest absolute Gasteiger partial charge is 0.131 e. The Hall–Kier alpha value is -1.57. The lowest BCUT2D eigenvalue weighted by Crippen LogP contribution is -2.10. The zero-order chi connectivity index (χ0) is 11.4. The van der Waals surface area contributed by atoms with Crippen LogP contribution in [0, 0.1) is 0 Å². The highest BCUT2D eigenvalue weighted by Gasteiger charge is 2.20. The molecule has 1 aromatic rings. The number of hydrogen-bond acceptors (Lipinski definition) is 2. The lowest BCUT2D eigenvalue weighted by molar-refractivity contribution is -0.108. The zero-order valence-electron chi connectivity index (χ0n) is 9.48. The fourth-order valence-corrected chi connectivity index (χ4v) is 1.91. The molecule has 1 aliphatic rings. The second kappa shape index (κ2) is 4.97. The first-order chi connectivity index (χ1) is 7.85. The Morgan fingerprint density at radius 3 is 2.94 bits per heavy atom. The minimum Gasteiger partial charge on any atom is -0.462 e. The first kappa shape index (κ1) is 10.9. The predicted octanol–water partition coefficient (Wildman–Crippen LogP) is 3.44. The number of carbonyl (C=O) groups excluding carboxylic acids is 1. The average Bonchev–Trinajstić information content (AvgIpc) is 2.35. The van der Waals surface area contributed by atoms with Gasteiger partial charge in [-0.05, 0) is 18.6 Å². The van der Waals surface area contributed by atoms with Gasteiger partial charge in [-0.25, -0.2) is 0 Å². The lowest BCUT2D eigenvalue weighted by atomic mass is 9.96. The first-order valence-corrected chi connectivity index (χ1v) is 5.78. The van der Waals surface area contributed by atoms with E-state index in [0.29, 0.717) is 0 Å². The van der Waals surface area contributed by atoms with Crippen LogP contribution in [0.5, 0.6) is 5.75 Å². The molecule has 0 amide bonds. The summed E-state index contributed by atoms with van der Waals surface area (Å²) in [7, 11) is 0.